The molecule has 0 N–H and O–H groups in total. The highest BCUT2D eigenvalue weighted by Gasteiger charge is 2.16. The zero-order chi connectivity index (χ0) is 17.9. The first-order valence-electron chi connectivity index (χ1n) is 8.49. The minimum absolute atomic E-state index is 0.0626. The van der Waals surface area contributed by atoms with E-state index in [2.05, 4.69) is 10.1 Å². The Morgan fingerprint density at radius 1 is 1.15 bits per heavy atom. The molecule has 0 amide bonds. The number of benzene rings is 2. The molecule has 2 aromatic carbocycles. The average molecular weight is 350 g/mol. The average Bonchev–Trinajstić information content (AvgIpc) is 3.34. The van der Waals surface area contributed by atoms with Crippen molar-refractivity contribution in [2.45, 2.75) is 25.9 Å². The fraction of sp³-hybridized carbons (Fsp3) is 0.250. The lowest BCUT2D eigenvalue weighted by molar-refractivity contribution is 0.0429. The Bertz CT molecular complexity index is 948. The lowest BCUT2D eigenvalue weighted by Gasteiger charge is -2.04. The number of rotatable bonds is 5. The Hall–Kier alpha value is -3.15. The highest BCUT2D eigenvalue weighted by Crippen LogP contribution is 2.24. The minimum atomic E-state index is -0.388. The van der Waals surface area contributed by atoms with Crippen molar-refractivity contribution in [1.29, 1.82) is 0 Å². The van der Waals surface area contributed by atoms with E-state index in [1.807, 2.05) is 42.5 Å². The second-order valence-electron chi connectivity index (χ2n) is 6.16. The van der Waals surface area contributed by atoms with E-state index in [9.17, 15) is 4.79 Å². The van der Waals surface area contributed by atoms with Crippen LogP contribution in [0.3, 0.4) is 0 Å². The SMILES string of the molecule is COc1cccc(-c2noc(COC(=O)c3ccc4c(c3)CCC4)n2)c1. The lowest BCUT2D eigenvalue weighted by Crippen LogP contribution is -2.06. The van der Waals surface area contributed by atoms with Gasteiger partial charge in [-0.3, -0.25) is 0 Å². The van der Waals surface area contributed by atoms with Crippen LogP contribution in [0.2, 0.25) is 0 Å². The topological polar surface area (TPSA) is 74.5 Å². The predicted molar refractivity (Wildman–Crippen MR) is 93.9 cm³/mol. The van der Waals surface area contributed by atoms with Gasteiger partial charge < -0.3 is 14.0 Å². The smallest absolute Gasteiger partial charge is 0.338 e. The Kier molecular flexibility index (Phi) is 4.39. The minimum Gasteiger partial charge on any atom is -0.497 e. The van der Waals surface area contributed by atoms with Crippen LogP contribution in [0.5, 0.6) is 5.75 Å². The first kappa shape index (κ1) is 16.3. The molecule has 1 aliphatic carbocycles. The van der Waals surface area contributed by atoms with Gasteiger partial charge in [-0.1, -0.05) is 23.4 Å². The van der Waals surface area contributed by atoms with Gasteiger partial charge in [0.05, 0.1) is 12.7 Å². The van der Waals surface area contributed by atoms with Gasteiger partial charge in [-0.2, -0.15) is 4.98 Å². The molecule has 0 fully saturated rings. The molecule has 132 valence electrons. The maximum Gasteiger partial charge on any atom is 0.338 e. The molecule has 0 saturated heterocycles. The largest absolute Gasteiger partial charge is 0.497 e. The normalized spacial score (nSPS) is 12.7. The fourth-order valence-corrected chi connectivity index (χ4v) is 3.10. The van der Waals surface area contributed by atoms with Gasteiger partial charge in [0.2, 0.25) is 5.82 Å². The van der Waals surface area contributed by atoms with Crippen LogP contribution in [-0.2, 0) is 24.2 Å². The lowest BCUT2D eigenvalue weighted by atomic mass is 10.1. The highest BCUT2D eigenvalue weighted by atomic mass is 16.6. The number of fused-ring (bicyclic) bond motifs is 1. The standard InChI is InChI=1S/C20H18N2O4/c1-24-17-7-3-6-15(11-17)19-21-18(26-22-19)12-25-20(23)16-9-8-13-4-2-5-14(13)10-16/h3,6-11H,2,4-5,12H2,1H3. The summed E-state index contributed by atoms with van der Waals surface area (Å²) in [5.41, 5.74) is 3.88. The Morgan fingerprint density at radius 2 is 2.04 bits per heavy atom. The van der Waals surface area contributed by atoms with Crippen molar-refractivity contribution in [3.05, 3.63) is 65.0 Å². The summed E-state index contributed by atoms with van der Waals surface area (Å²) in [5, 5.41) is 3.93. The van der Waals surface area contributed by atoms with Gasteiger partial charge in [0.1, 0.15) is 5.75 Å². The number of methoxy groups -OCH3 is 1. The van der Waals surface area contributed by atoms with Gasteiger partial charge in [-0.15, -0.1) is 0 Å². The quantitative estimate of drug-likeness (QED) is 0.655. The first-order valence-corrected chi connectivity index (χ1v) is 8.49. The molecule has 6 heteroatoms. The number of esters is 1. The van der Waals surface area contributed by atoms with Crippen LogP contribution >= 0.6 is 0 Å². The van der Waals surface area contributed by atoms with Gasteiger partial charge in [0, 0.05) is 5.56 Å². The summed E-state index contributed by atoms with van der Waals surface area (Å²) in [6, 6.07) is 13.1. The molecular formula is C20H18N2O4. The maximum atomic E-state index is 12.2. The number of aromatic nitrogens is 2. The van der Waals surface area contributed by atoms with E-state index < -0.39 is 0 Å². The van der Waals surface area contributed by atoms with Crippen molar-refractivity contribution in [3.63, 3.8) is 0 Å². The van der Waals surface area contributed by atoms with Gasteiger partial charge in [0.15, 0.2) is 6.61 Å². The van der Waals surface area contributed by atoms with Gasteiger partial charge in [-0.25, -0.2) is 4.79 Å². The summed E-state index contributed by atoms with van der Waals surface area (Å²) in [6.45, 7) is -0.0626. The molecule has 0 atom stereocenters. The number of carbonyl (C=O) groups excluding carboxylic acids is 1. The Labute approximate surface area is 150 Å². The predicted octanol–water partition coefficient (Wildman–Crippen LogP) is 3.59. The molecular weight excluding hydrogens is 332 g/mol. The first-order chi connectivity index (χ1) is 12.7. The molecule has 1 heterocycles. The highest BCUT2D eigenvalue weighted by molar-refractivity contribution is 5.89. The third-order valence-corrected chi connectivity index (χ3v) is 4.46. The molecule has 3 aromatic rings. The molecule has 1 aliphatic rings. The van der Waals surface area contributed by atoms with E-state index in [0.29, 0.717) is 17.1 Å². The van der Waals surface area contributed by atoms with Crippen molar-refractivity contribution in [2.75, 3.05) is 7.11 Å². The molecule has 0 radical (unpaired) electrons. The van der Waals surface area contributed by atoms with Crippen molar-refractivity contribution >= 4 is 5.97 Å². The number of aryl methyl sites for hydroxylation is 2. The van der Waals surface area contributed by atoms with E-state index in [1.54, 1.807) is 7.11 Å². The number of hydrogen-bond donors (Lipinski definition) is 0. The third kappa shape index (κ3) is 3.31. The molecule has 0 unspecified atom stereocenters. The second kappa shape index (κ2) is 7.00. The van der Waals surface area contributed by atoms with Crippen molar-refractivity contribution in [2.24, 2.45) is 0 Å². The zero-order valence-electron chi connectivity index (χ0n) is 14.4. The summed E-state index contributed by atoms with van der Waals surface area (Å²) in [4.78, 5) is 16.5. The van der Waals surface area contributed by atoms with Crippen LogP contribution in [0.25, 0.3) is 11.4 Å². The summed E-state index contributed by atoms with van der Waals surface area (Å²) in [6.07, 6.45) is 3.24. The van der Waals surface area contributed by atoms with Gasteiger partial charge in [-0.05, 0) is 54.7 Å². The number of carbonyl (C=O) groups is 1. The van der Waals surface area contributed by atoms with Crippen LogP contribution in [0.4, 0.5) is 0 Å². The Balaban J connectivity index is 1.42. The molecule has 0 spiro atoms. The second-order valence-corrected chi connectivity index (χ2v) is 6.16. The van der Waals surface area contributed by atoms with Crippen LogP contribution in [0, 0.1) is 0 Å². The van der Waals surface area contributed by atoms with Crippen molar-refractivity contribution in [3.8, 4) is 17.1 Å². The number of nitrogens with zero attached hydrogens (tertiary/aromatic N) is 2. The number of ether oxygens (including phenoxy) is 2. The zero-order valence-corrected chi connectivity index (χ0v) is 14.4. The monoisotopic (exact) mass is 350 g/mol. The van der Waals surface area contributed by atoms with E-state index in [0.717, 1.165) is 24.8 Å². The van der Waals surface area contributed by atoms with Gasteiger partial charge >= 0.3 is 5.97 Å². The molecule has 0 bridgehead atoms. The van der Waals surface area contributed by atoms with E-state index in [-0.39, 0.29) is 18.5 Å². The molecule has 6 nitrogen and oxygen atoms in total. The van der Waals surface area contributed by atoms with Crippen LogP contribution < -0.4 is 4.74 Å². The van der Waals surface area contributed by atoms with Crippen LogP contribution in [0.1, 0.15) is 33.8 Å². The van der Waals surface area contributed by atoms with E-state index in [1.165, 1.54) is 11.1 Å². The maximum absolute atomic E-state index is 12.2. The third-order valence-electron chi connectivity index (χ3n) is 4.46. The summed E-state index contributed by atoms with van der Waals surface area (Å²) < 4.78 is 15.7. The summed E-state index contributed by atoms with van der Waals surface area (Å²) >= 11 is 0. The van der Waals surface area contributed by atoms with Crippen LogP contribution in [-0.4, -0.2) is 23.2 Å². The van der Waals surface area contributed by atoms with Crippen molar-refractivity contribution < 1.29 is 18.8 Å². The number of hydrogen-bond acceptors (Lipinski definition) is 6. The van der Waals surface area contributed by atoms with E-state index >= 15 is 0 Å². The molecule has 1 aromatic heterocycles. The Morgan fingerprint density at radius 3 is 2.92 bits per heavy atom. The van der Waals surface area contributed by atoms with E-state index in [4.69, 9.17) is 14.0 Å². The fourth-order valence-electron chi connectivity index (χ4n) is 3.10. The summed E-state index contributed by atoms with van der Waals surface area (Å²) in [5.74, 6) is 0.988. The van der Waals surface area contributed by atoms with Crippen LogP contribution in [0.15, 0.2) is 47.0 Å². The van der Waals surface area contributed by atoms with Gasteiger partial charge in [0.25, 0.3) is 5.89 Å². The molecule has 0 aliphatic heterocycles. The van der Waals surface area contributed by atoms with Crippen molar-refractivity contribution in [1.82, 2.24) is 10.1 Å². The summed E-state index contributed by atoms with van der Waals surface area (Å²) in [7, 11) is 1.60. The molecule has 4 rings (SSSR count). The molecule has 0 saturated carbocycles. The molecule has 26 heavy (non-hydrogen) atoms.